The molecule has 3 N–H and O–H groups in total. The Morgan fingerprint density at radius 2 is 2.19 bits per heavy atom. The molecule has 1 aromatic carbocycles. The van der Waals surface area contributed by atoms with Gasteiger partial charge in [0, 0.05) is 12.1 Å². The zero-order valence-corrected chi connectivity index (χ0v) is 9.16. The van der Waals surface area contributed by atoms with Gasteiger partial charge in [-0.05, 0) is 26.0 Å². The van der Waals surface area contributed by atoms with Crippen molar-refractivity contribution in [2.75, 3.05) is 11.9 Å². The fourth-order valence-corrected chi connectivity index (χ4v) is 1.17. The molecule has 0 spiro atoms. The number of nitrogens with two attached hydrogens (primary N) is 1. The molecule has 0 bridgehead atoms. The van der Waals surface area contributed by atoms with Crippen molar-refractivity contribution in [3.05, 3.63) is 34.1 Å². The van der Waals surface area contributed by atoms with E-state index in [-0.39, 0.29) is 5.69 Å². The summed E-state index contributed by atoms with van der Waals surface area (Å²) in [7, 11) is 0. The summed E-state index contributed by atoms with van der Waals surface area (Å²) in [4.78, 5) is 9.91. The van der Waals surface area contributed by atoms with Gasteiger partial charge in [0.2, 0.25) is 5.82 Å². The predicted molar refractivity (Wildman–Crippen MR) is 59.8 cm³/mol. The molecule has 0 saturated carbocycles. The van der Waals surface area contributed by atoms with Crippen molar-refractivity contribution >= 4 is 11.4 Å². The van der Waals surface area contributed by atoms with E-state index in [2.05, 4.69) is 5.32 Å². The maximum atomic E-state index is 13.2. The van der Waals surface area contributed by atoms with Crippen molar-refractivity contribution in [3.8, 4) is 0 Å². The minimum atomic E-state index is -0.857. The number of halogens is 1. The Kier molecular flexibility index (Phi) is 3.44. The van der Waals surface area contributed by atoms with Crippen LogP contribution in [0.2, 0.25) is 0 Å². The van der Waals surface area contributed by atoms with Gasteiger partial charge in [0.05, 0.1) is 4.92 Å². The van der Waals surface area contributed by atoms with Crippen LogP contribution in [0.15, 0.2) is 18.2 Å². The first-order chi connectivity index (χ1) is 7.31. The molecule has 0 aliphatic rings. The molecular formula is C10H14FN3O2. The van der Waals surface area contributed by atoms with E-state index in [4.69, 9.17) is 5.73 Å². The van der Waals surface area contributed by atoms with Crippen LogP contribution in [0.1, 0.15) is 13.8 Å². The molecule has 0 radical (unpaired) electrons. The van der Waals surface area contributed by atoms with Gasteiger partial charge in [-0.3, -0.25) is 10.1 Å². The largest absolute Gasteiger partial charge is 0.378 e. The number of nitro groups is 1. The normalized spacial score (nSPS) is 11.2. The van der Waals surface area contributed by atoms with Gasteiger partial charge >= 0.3 is 5.69 Å². The van der Waals surface area contributed by atoms with E-state index < -0.39 is 22.0 Å². The highest BCUT2D eigenvalue weighted by atomic mass is 19.1. The summed E-state index contributed by atoms with van der Waals surface area (Å²) in [6.45, 7) is 3.85. The van der Waals surface area contributed by atoms with Crippen LogP contribution in [0.25, 0.3) is 0 Å². The molecule has 1 aromatic rings. The molecule has 0 heterocycles. The number of para-hydroxylation sites is 1. The molecule has 0 amide bonds. The molecule has 5 nitrogen and oxygen atoms in total. The number of rotatable bonds is 4. The van der Waals surface area contributed by atoms with Crippen LogP contribution in [0, 0.1) is 15.9 Å². The average Bonchev–Trinajstić information content (AvgIpc) is 2.12. The second kappa shape index (κ2) is 4.44. The van der Waals surface area contributed by atoms with Gasteiger partial charge in [-0.15, -0.1) is 0 Å². The van der Waals surface area contributed by atoms with Gasteiger partial charge in [-0.2, -0.15) is 4.39 Å². The number of benzene rings is 1. The van der Waals surface area contributed by atoms with E-state index in [9.17, 15) is 14.5 Å². The first-order valence-electron chi connectivity index (χ1n) is 4.77. The first kappa shape index (κ1) is 12.4. The molecule has 0 atom stereocenters. The molecule has 0 aromatic heterocycles. The minimum absolute atomic E-state index is 0.142. The van der Waals surface area contributed by atoms with Crippen LogP contribution in [-0.4, -0.2) is 17.0 Å². The van der Waals surface area contributed by atoms with Crippen molar-refractivity contribution in [1.82, 2.24) is 0 Å². The molecule has 0 aliphatic carbocycles. The lowest BCUT2D eigenvalue weighted by Crippen LogP contribution is -2.39. The third-order valence-corrected chi connectivity index (χ3v) is 1.90. The summed E-state index contributed by atoms with van der Waals surface area (Å²) in [5.41, 5.74) is 4.79. The lowest BCUT2D eigenvalue weighted by atomic mass is 10.1. The van der Waals surface area contributed by atoms with Crippen LogP contribution < -0.4 is 11.1 Å². The summed E-state index contributed by atoms with van der Waals surface area (Å²) < 4.78 is 13.2. The minimum Gasteiger partial charge on any atom is -0.378 e. The van der Waals surface area contributed by atoms with E-state index in [1.54, 1.807) is 13.8 Å². The first-order valence-corrected chi connectivity index (χ1v) is 4.77. The van der Waals surface area contributed by atoms with Gasteiger partial charge in [0.15, 0.2) is 0 Å². The van der Waals surface area contributed by atoms with Crippen LogP contribution in [-0.2, 0) is 0 Å². The topological polar surface area (TPSA) is 81.2 Å². The van der Waals surface area contributed by atoms with Crippen molar-refractivity contribution in [1.29, 1.82) is 0 Å². The van der Waals surface area contributed by atoms with Gasteiger partial charge in [-0.25, -0.2) is 0 Å². The summed E-state index contributed by atoms with van der Waals surface area (Å²) in [6.07, 6.45) is 0. The zero-order valence-electron chi connectivity index (χ0n) is 9.16. The Labute approximate surface area is 92.6 Å². The summed E-state index contributed by atoms with van der Waals surface area (Å²) in [6, 6.07) is 3.91. The van der Waals surface area contributed by atoms with E-state index in [1.165, 1.54) is 12.1 Å². The second-order valence-corrected chi connectivity index (χ2v) is 4.24. The lowest BCUT2D eigenvalue weighted by Gasteiger charge is -2.19. The Balaban J connectivity index is 2.96. The maximum absolute atomic E-state index is 13.2. The molecule has 0 fully saturated rings. The number of hydrogen-bond donors (Lipinski definition) is 2. The van der Waals surface area contributed by atoms with E-state index >= 15 is 0 Å². The van der Waals surface area contributed by atoms with E-state index in [0.717, 1.165) is 6.07 Å². The number of nitro benzene ring substituents is 1. The second-order valence-electron chi connectivity index (χ2n) is 4.24. The summed E-state index contributed by atoms with van der Waals surface area (Å²) in [5.74, 6) is -0.857. The highest BCUT2D eigenvalue weighted by Gasteiger charge is 2.21. The number of nitrogens with zero attached hydrogens (tertiary/aromatic N) is 1. The lowest BCUT2D eigenvalue weighted by molar-refractivity contribution is -0.386. The van der Waals surface area contributed by atoms with Crippen LogP contribution in [0.3, 0.4) is 0 Å². The third kappa shape index (κ3) is 3.16. The molecule has 6 heteroatoms. The highest BCUT2D eigenvalue weighted by Crippen LogP contribution is 2.27. The van der Waals surface area contributed by atoms with Crippen molar-refractivity contribution in [2.45, 2.75) is 19.4 Å². The van der Waals surface area contributed by atoms with Crippen LogP contribution >= 0.6 is 0 Å². The SMILES string of the molecule is CC(C)(N)CNc1cccc(F)c1[N+](=O)[O-]. The highest BCUT2D eigenvalue weighted by molar-refractivity contribution is 5.62. The number of nitrogens with one attached hydrogen (secondary N) is 1. The molecular weight excluding hydrogens is 213 g/mol. The smallest absolute Gasteiger partial charge is 0.327 e. The molecule has 0 saturated heterocycles. The average molecular weight is 227 g/mol. The fraction of sp³-hybridized carbons (Fsp3) is 0.400. The molecule has 88 valence electrons. The predicted octanol–water partition coefficient (Wildman–Crippen LogP) is 1.88. The van der Waals surface area contributed by atoms with Crippen LogP contribution in [0.4, 0.5) is 15.8 Å². The Bertz CT molecular complexity index is 402. The molecule has 1 rings (SSSR count). The Morgan fingerprint density at radius 1 is 1.56 bits per heavy atom. The number of anilines is 1. The standard InChI is InChI=1S/C10H14FN3O2/c1-10(2,12)6-13-8-5-3-4-7(11)9(8)14(15)16/h3-5,13H,6,12H2,1-2H3. The molecule has 0 aliphatic heterocycles. The van der Waals surface area contributed by atoms with Gasteiger partial charge < -0.3 is 11.1 Å². The number of hydrogen-bond acceptors (Lipinski definition) is 4. The fourth-order valence-electron chi connectivity index (χ4n) is 1.17. The quantitative estimate of drug-likeness (QED) is 0.607. The summed E-state index contributed by atoms with van der Waals surface area (Å²) >= 11 is 0. The molecule has 16 heavy (non-hydrogen) atoms. The third-order valence-electron chi connectivity index (χ3n) is 1.90. The monoisotopic (exact) mass is 227 g/mol. The molecule has 0 unspecified atom stereocenters. The van der Waals surface area contributed by atoms with E-state index in [0.29, 0.717) is 6.54 Å². The maximum Gasteiger partial charge on any atom is 0.327 e. The van der Waals surface area contributed by atoms with Gasteiger partial charge in [-0.1, -0.05) is 6.07 Å². The van der Waals surface area contributed by atoms with Crippen molar-refractivity contribution in [2.24, 2.45) is 5.73 Å². The van der Waals surface area contributed by atoms with Gasteiger partial charge in [0.1, 0.15) is 5.69 Å². The summed E-state index contributed by atoms with van der Waals surface area (Å²) in [5, 5.41) is 13.4. The van der Waals surface area contributed by atoms with E-state index in [1.807, 2.05) is 0 Å². The Morgan fingerprint density at radius 3 is 2.69 bits per heavy atom. The van der Waals surface area contributed by atoms with Gasteiger partial charge in [0.25, 0.3) is 0 Å². The Hall–Kier alpha value is -1.69. The van der Waals surface area contributed by atoms with Crippen molar-refractivity contribution in [3.63, 3.8) is 0 Å². The zero-order chi connectivity index (χ0) is 12.3. The van der Waals surface area contributed by atoms with Crippen LogP contribution in [0.5, 0.6) is 0 Å². The van der Waals surface area contributed by atoms with Crippen molar-refractivity contribution < 1.29 is 9.31 Å².